The lowest BCUT2D eigenvalue weighted by atomic mass is 10.1. The largest absolute Gasteiger partial charge is 0.673 e. The highest BCUT2D eigenvalue weighted by Crippen LogP contribution is 2.06. The summed E-state index contributed by atoms with van der Waals surface area (Å²) in [7, 11) is 2.19. The molecule has 0 atom stereocenters. The molecule has 0 saturated carbocycles. The topological polar surface area (TPSA) is 6.48 Å². The predicted molar refractivity (Wildman–Crippen MR) is 61.1 cm³/mol. The van der Waals surface area contributed by atoms with Crippen molar-refractivity contribution in [2.24, 2.45) is 0 Å². The van der Waals surface area contributed by atoms with Crippen molar-refractivity contribution in [1.82, 2.24) is 9.80 Å². The van der Waals surface area contributed by atoms with Gasteiger partial charge in [0.2, 0.25) is 0 Å². The Balaban J connectivity index is 0. The second kappa shape index (κ2) is 9.90. The van der Waals surface area contributed by atoms with Crippen LogP contribution in [0.2, 0.25) is 0 Å². The van der Waals surface area contributed by atoms with Gasteiger partial charge in [-0.1, -0.05) is 6.42 Å². The van der Waals surface area contributed by atoms with E-state index in [4.69, 9.17) is 0 Å². The number of rotatable bonds is 0. The highest BCUT2D eigenvalue weighted by atomic mass is 19.5. The highest BCUT2D eigenvalue weighted by Gasteiger charge is 2.20. The zero-order valence-corrected chi connectivity index (χ0v) is 10.5. The van der Waals surface area contributed by atoms with Crippen LogP contribution in [0.5, 0.6) is 0 Å². The second-order valence-corrected chi connectivity index (χ2v) is 4.20. The van der Waals surface area contributed by atoms with Gasteiger partial charge in [0.25, 0.3) is 0 Å². The molecule has 0 aliphatic carbocycles. The molecule has 1 rings (SSSR count). The van der Waals surface area contributed by atoms with E-state index in [0.29, 0.717) is 0 Å². The van der Waals surface area contributed by atoms with Crippen molar-refractivity contribution in [2.45, 2.75) is 19.3 Å². The Morgan fingerprint density at radius 2 is 1.12 bits per heavy atom. The van der Waals surface area contributed by atoms with Gasteiger partial charge in [0.15, 0.2) is 0 Å². The van der Waals surface area contributed by atoms with Crippen LogP contribution in [0.4, 0.5) is 17.3 Å². The number of halogens is 4. The summed E-state index contributed by atoms with van der Waals surface area (Å²) < 4.78 is 39.0. The third-order valence-electron chi connectivity index (χ3n) is 1.58. The van der Waals surface area contributed by atoms with Gasteiger partial charge in [0.1, 0.15) is 0 Å². The first kappa shape index (κ1) is 18.1. The van der Waals surface area contributed by atoms with Crippen LogP contribution in [0, 0.1) is 0 Å². The molecule has 2 nitrogen and oxygen atoms in total. The van der Waals surface area contributed by atoms with E-state index in [2.05, 4.69) is 11.9 Å². The molecule has 0 aromatic heterocycles. The van der Waals surface area contributed by atoms with Gasteiger partial charge in [0.05, 0.1) is 0 Å². The Morgan fingerprint density at radius 3 is 1.25 bits per heavy atom. The van der Waals surface area contributed by atoms with Crippen molar-refractivity contribution in [3.05, 3.63) is 0 Å². The molecular formula is C9H22BF4N2-. The lowest BCUT2D eigenvalue weighted by Crippen LogP contribution is -2.24. The normalized spacial score (nSPS) is 17.1. The quantitative estimate of drug-likeness (QED) is 0.478. The van der Waals surface area contributed by atoms with E-state index < -0.39 is 7.25 Å². The summed E-state index contributed by atoms with van der Waals surface area (Å²) in [6, 6.07) is 0. The molecule has 0 aromatic rings. The molecule has 1 aliphatic rings. The Kier molecular flexibility index (Phi) is 11.2. The maximum Gasteiger partial charge on any atom is 0.673 e. The average Bonchev–Trinajstić information content (AvgIpc) is 2.00. The number of likely N-dealkylation sites (tertiary alicyclic amines) is 1. The fourth-order valence-electron chi connectivity index (χ4n) is 1.05. The summed E-state index contributed by atoms with van der Waals surface area (Å²) in [6.07, 6.45) is 4.28. The summed E-state index contributed by atoms with van der Waals surface area (Å²) in [5.74, 6) is 0. The van der Waals surface area contributed by atoms with E-state index in [9.17, 15) is 17.3 Å². The first-order valence-corrected chi connectivity index (χ1v) is 5.29. The standard InChI is InChI=1S/C6H13N.C3H9N.BF4/c1-7-5-3-2-4-6-7;1-4(2)3;2-1(3,4)5/h2-6H2,1H3;1-3H3;/q;;-1. The van der Waals surface area contributed by atoms with Gasteiger partial charge in [-0.05, 0) is 54.1 Å². The van der Waals surface area contributed by atoms with Crippen molar-refractivity contribution >= 4 is 7.25 Å². The second-order valence-electron chi connectivity index (χ2n) is 4.20. The molecule has 0 N–H and O–H groups in total. The minimum absolute atomic E-state index is 1.32. The van der Waals surface area contributed by atoms with Gasteiger partial charge in [0, 0.05) is 0 Å². The molecule has 7 heteroatoms. The Hall–Kier alpha value is -0.295. The van der Waals surface area contributed by atoms with E-state index in [-0.39, 0.29) is 0 Å². The van der Waals surface area contributed by atoms with Crippen molar-refractivity contribution in [3.8, 4) is 0 Å². The van der Waals surface area contributed by atoms with Crippen molar-refractivity contribution in [2.75, 3.05) is 41.3 Å². The zero-order chi connectivity index (χ0) is 13.2. The van der Waals surface area contributed by atoms with Crippen LogP contribution in [0.15, 0.2) is 0 Å². The number of hydrogen-bond acceptors (Lipinski definition) is 2. The lowest BCUT2D eigenvalue weighted by molar-refractivity contribution is 0.277. The smallest absolute Gasteiger partial charge is 0.418 e. The summed E-state index contributed by atoms with van der Waals surface area (Å²) in [4.78, 5) is 4.39. The molecule has 1 saturated heterocycles. The summed E-state index contributed by atoms with van der Waals surface area (Å²) >= 11 is 0. The predicted octanol–water partition coefficient (Wildman–Crippen LogP) is 2.58. The molecule has 0 spiro atoms. The van der Waals surface area contributed by atoms with E-state index in [0.717, 1.165) is 0 Å². The van der Waals surface area contributed by atoms with Crippen molar-refractivity contribution in [3.63, 3.8) is 0 Å². The van der Waals surface area contributed by atoms with Crippen molar-refractivity contribution in [1.29, 1.82) is 0 Å². The fourth-order valence-corrected chi connectivity index (χ4v) is 1.05. The monoisotopic (exact) mass is 245 g/mol. The molecular weight excluding hydrogens is 223 g/mol. The number of nitrogens with zero attached hydrogens (tertiary/aromatic N) is 2. The molecule has 16 heavy (non-hydrogen) atoms. The van der Waals surface area contributed by atoms with Crippen LogP contribution < -0.4 is 0 Å². The molecule has 0 amide bonds. The number of piperidine rings is 1. The van der Waals surface area contributed by atoms with Gasteiger partial charge in [-0.2, -0.15) is 0 Å². The SMILES string of the molecule is CN(C)C.CN1CCCCC1.F[B-](F)(F)F. The highest BCUT2D eigenvalue weighted by molar-refractivity contribution is 6.50. The molecule has 100 valence electrons. The molecule has 1 heterocycles. The van der Waals surface area contributed by atoms with Crippen molar-refractivity contribution < 1.29 is 17.3 Å². The maximum atomic E-state index is 9.75. The van der Waals surface area contributed by atoms with Crippen LogP contribution in [-0.2, 0) is 0 Å². The molecule has 0 unspecified atom stereocenters. The molecule has 0 radical (unpaired) electrons. The molecule has 1 fully saturated rings. The van der Waals surface area contributed by atoms with Crippen LogP contribution in [-0.4, -0.2) is 58.3 Å². The summed E-state index contributed by atoms with van der Waals surface area (Å²) in [5, 5.41) is 0. The zero-order valence-electron chi connectivity index (χ0n) is 10.5. The average molecular weight is 245 g/mol. The Labute approximate surface area is 95.7 Å². The molecule has 0 bridgehead atoms. The van der Waals surface area contributed by atoms with E-state index in [1.165, 1.54) is 32.4 Å². The summed E-state index contributed by atoms with van der Waals surface area (Å²) in [6.45, 7) is 2.64. The van der Waals surface area contributed by atoms with Crippen LogP contribution in [0.25, 0.3) is 0 Å². The number of hydrogen-bond donors (Lipinski definition) is 0. The van der Waals surface area contributed by atoms with Crippen LogP contribution >= 0.6 is 0 Å². The molecule has 1 aliphatic heterocycles. The first-order valence-electron chi connectivity index (χ1n) is 5.29. The lowest BCUT2D eigenvalue weighted by Gasteiger charge is -2.20. The van der Waals surface area contributed by atoms with Gasteiger partial charge < -0.3 is 27.1 Å². The third kappa shape index (κ3) is 37.3. The summed E-state index contributed by atoms with van der Waals surface area (Å²) in [5.41, 5.74) is 0. The minimum atomic E-state index is -6.00. The van der Waals surface area contributed by atoms with Gasteiger partial charge in [-0.25, -0.2) is 0 Å². The Bertz CT molecular complexity index is 138. The third-order valence-corrected chi connectivity index (χ3v) is 1.58. The van der Waals surface area contributed by atoms with Gasteiger partial charge in [-0.3, -0.25) is 0 Å². The van der Waals surface area contributed by atoms with Gasteiger partial charge >= 0.3 is 7.25 Å². The van der Waals surface area contributed by atoms with Gasteiger partial charge in [-0.15, -0.1) is 0 Å². The van der Waals surface area contributed by atoms with Crippen LogP contribution in [0.3, 0.4) is 0 Å². The minimum Gasteiger partial charge on any atom is -0.418 e. The fraction of sp³-hybridized carbons (Fsp3) is 1.00. The van der Waals surface area contributed by atoms with E-state index >= 15 is 0 Å². The maximum absolute atomic E-state index is 9.75. The molecule has 0 aromatic carbocycles. The van der Waals surface area contributed by atoms with E-state index in [1.807, 2.05) is 26.0 Å². The van der Waals surface area contributed by atoms with E-state index in [1.54, 1.807) is 0 Å². The Morgan fingerprint density at radius 1 is 0.875 bits per heavy atom. The first-order chi connectivity index (χ1) is 7.13. The van der Waals surface area contributed by atoms with Crippen LogP contribution in [0.1, 0.15) is 19.3 Å².